The van der Waals surface area contributed by atoms with Gasteiger partial charge in [0.2, 0.25) is 5.95 Å². The summed E-state index contributed by atoms with van der Waals surface area (Å²) in [5.41, 5.74) is -0.0901. The summed E-state index contributed by atoms with van der Waals surface area (Å²) >= 11 is 0. The van der Waals surface area contributed by atoms with E-state index in [2.05, 4.69) is 27.1 Å². The molecule has 0 saturated carbocycles. The number of nitrogens with one attached hydrogen (secondary N) is 1. The molecule has 18 heavy (non-hydrogen) atoms. The van der Waals surface area contributed by atoms with Gasteiger partial charge >= 0.3 is 5.69 Å². The third-order valence-electron chi connectivity index (χ3n) is 2.96. The fraction of sp³-hybridized carbons (Fsp3) is 0.636. The first-order valence-corrected chi connectivity index (χ1v) is 6.10. The van der Waals surface area contributed by atoms with Crippen molar-refractivity contribution in [1.82, 2.24) is 14.9 Å². The molecule has 1 aromatic rings. The maximum Gasteiger partial charge on any atom is 0.305 e. The number of rotatable bonds is 5. The number of hydrogen-bond donors (Lipinski definition) is 1. The lowest BCUT2D eigenvalue weighted by atomic mass is 10.3. The summed E-state index contributed by atoms with van der Waals surface area (Å²) in [5, 5.41) is 13.6. The molecular formula is C11H17N5O2. The third-order valence-corrected chi connectivity index (χ3v) is 2.96. The van der Waals surface area contributed by atoms with Crippen LogP contribution in [0.1, 0.15) is 19.8 Å². The summed E-state index contributed by atoms with van der Waals surface area (Å²) < 4.78 is 0. The standard InChI is InChI=1S/C11H17N5O2/c1-9(8-15-4-2-3-5-15)14-11-12-6-10(7-13-11)16(17)18/h6-7,9H,2-5,8H2,1H3,(H,12,13,14). The third kappa shape index (κ3) is 3.36. The Morgan fingerprint density at radius 2 is 2.06 bits per heavy atom. The van der Waals surface area contributed by atoms with Gasteiger partial charge in [-0.05, 0) is 32.9 Å². The Balaban J connectivity index is 1.86. The van der Waals surface area contributed by atoms with Crippen LogP contribution in [0.15, 0.2) is 12.4 Å². The van der Waals surface area contributed by atoms with Crippen molar-refractivity contribution in [2.45, 2.75) is 25.8 Å². The van der Waals surface area contributed by atoms with Crippen LogP contribution in [0.4, 0.5) is 11.6 Å². The number of hydrogen-bond acceptors (Lipinski definition) is 6. The van der Waals surface area contributed by atoms with E-state index in [9.17, 15) is 10.1 Å². The lowest BCUT2D eigenvalue weighted by Crippen LogP contribution is -2.33. The van der Waals surface area contributed by atoms with E-state index in [-0.39, 0.29) is 11.7 Å². The van der Waals surface area contributed by atoms with Crippen LogP contribution in [0.5, 0.6) is 0 Å². The van der Waals surface area contributed by atoms with Gasteiger partial charge in [0.15, 0.2) is 0 Å². The van der Waals surface area contributed by atoms with Gasteiger partial charge in [-0.2, -0.15) is 0 Å². The van der Waals surface area contributed by atoms with Gasteiger partial charge in [-0.3, -0.25) is 10.1 Å². The minimum Gasteiger partial charge on any atom is -0.350 e. The van der Waals surface area contributed by atoms with E-state index in [1.165, 1.54) is 25.2 Å². The van der Waals surface area contributed by atoms with Crippen LogP contribution in [-0.4, -0.2) is 45.5 Å². The van der Waals surface area contributed by atoms with Crippen LogP contribution < -0.4 is 5.32 Å². The number of nitrogens with zero attached hydrogens (tertiary/aromatic N) is 4. The molecule has 1 atom stereocenters. The lowest BCUT2D eigenvalue weighted by molar-refractivity contribution is -0.385. The van der Waals surface area contributed by atoms with Gasteiger partial charge in [-0.15, -0.1) is 0 Å². The van der Waals surface area contributed by atoms with Crippen molar-refractivity contribution in [2.24, 2.45) is 0 Å². The van der Waals surface area contributed by atoms with Crippen molar-refractivity contribution in [3.63, 3.8) is 0 Å². The summed E-state index contributed by atoms with van der Waals surface area (Å²) in [4.78, 5) is 20.2. The maximum atomic E-state index is 10.5. The van der Waals surface area contributed by atoms with Gasteiger partial charge in [0.1, 0.15) is 12.4 Å². The molecule has 0 aromatic carbocycles. The lowest BCUT2D eigenvalue weighted by Gasteiger charge is -2.20. The molecule has 1 saturated heterocycles. The Morgan fingerprint density at radius 1 is 1.44 bits per heavy atom. The second-order valence-corrected chi connectivity index (χ2v) is 4.58. The first kappa shape index (κ1) is 12.7. The largest absolute Gasteiger partial charge is 0.350 e. The Bertz CT molecular complexity index is 402. The fourth-order valence-corrected chi connectivity index (χ4v) is 2.11. The molecule has 2 rings (SSSR count). The molecule has 1 aromatic heterocycles. The summed E-state index contributed by atoms with van der Waals surface area (Å²) in [6, 6.07) is 0.226. The smallest absolute Gasteiger partial charge is 0.305 e. The van der Waals surface area contributed by atoms with Crippen LogP contribution in [0.2, 0.25) is 0 Å². The average Bonchev–Trinajstić information content (AvgIpc) is 2.82. The molecule has 2 heterocycles. The quantitative estimate of drug-likeness (QED) is 0.627. The maximum absolute atomic E-state index is 10.5. The van der Waals surface area contributed by atoms with Gasteiger partial charge in [0.25, 0.3) is 0 Å². The zero-order valence-corrected chi connectivity index (χ0v) is 10.4. The van der Waals surface area contributed by atoms with Gasteiger partial charge in [0, 0.05) is 12.6 Å². The van der Waals surface area contributed by atoms with E-state index in [0.29, 0.717) is 5.95 Å². The van der Waals surface area contributed by atoms with E-state index in [0.717, 1.165) is 19.6 Å². The highest BCUT2D eigenvalue weighted by atomic mass is 16.6. The van der Waals surface area contributed by atoms with Crippen molar-refractivity contribution in [2.75, 3.05) is 25.0 Å². The average molecular weight is 251 g/mol. The molecule has 0 radical (unpaired) electrons. The van der Waals surface area contributed by atoms with Crippen LogP contribution in [0, 0.1) is 10.1 Å². The predicted octanol–water partition coefficient (Wildman–Crippen LogP) is 1.28. The molecule has 7 heteroatoms. The van der Waals surface area contributed by atoms with E-state index < -0.39 is 4.92 Å². The normalized spacial score (nSPS) is 17.6. The summed E-state index contributed by atoms with van der Waals surface area (Å²) in [6.07, 6.45) is 4.97. The molecule has 0 bridgehead atoms. The number of anilines is 1. The molecule has 98 valence electrons. The van der Waals surface area contributed by atoms with Crippen molar-refractivity contribution in [1.29, 1.82) is 0 Å². The van der Waals surface area contributed by atoms with E-state index >= 15 is 0 Å². The second kappa shape index (κ2) is 5.72. The molecule has 0 amide bonds. The van der Waals surface area contributed by atoms with Crippen LogP contribution in [0.25, 0.3) is 0 Å². The zero-order chi connectivity index (χ0) is 13.0. The van der Waals surface area contributed by atoms with Crippen molar-refractivity contribution in [3.05, 3.63) is 22.5 Å². The van der Waals surface area contributed by atoms with Crippen molar-refractivity contribution >= 4 is 11.6 Å². The molecule has 1 aliphatic rings. The molecule has 0 spiro atoms. The highest BCUT2D eigenvalue weighted by molar-refractivity contribution is 5.31. The van der Waals surface area contributed by atoms with E-state index in [1.807, 2.05) is 0 Å². The van der Waals surface area contributed by atoms with Gasteiger partial charge < -0.3 is 10.2 Å². The molecule has 1 fully saturated rings. The second-order valence-electron chi connectivity index (χ2n) is 4.58. The molecule has 7 nitrogen and oxygen atoms in total. The van der Waals surface area contributed by atoms with Crippen molar-refractivity contribution < 1.29 is 4.92 Å². The van der Waals surface area contributed by atoms with Gasteiger partial charge in [0.05, 0.1) is 4.92 Å². The summed E-state index contributed by atoms with van der Waals surface area (Å²) in [6.45, 7) is 5.30. The zero-order valence-electron chi connectivity index (χ0n) is 10.4. The van der Waals surface area contributed by atoms with Crippen LogP contribution in [-0.2, 0) is 0 Å². The van der Waals surface area contributed by atoms with E-state index in [4.69, 9.17) is 0 Å². The molecule has 0 aliphatic carbocycles. The minimum absolute atomic E-state index is 0.0901. The Hall–Kier alpha value is -1.76. The molecule has 1 N–H and O–H groups in total. The van der Waals surface area contributed by atoms with Gasteiger partial charge in [-0.1, -0.05) is 0 Å². The fourth-order valence-electron chi connectivity index (χ4n) is 2.11. The SMILES string of the molecule is CC(CN1CCCC1)Nc1ncc([N+](=O)[O-])cn1. The topological polar surface area (TPSA) is 84.2 Å². The number of aromatic nitrogens is 2. The molecular weight excluding hydrogens is 234 g/mol. The first-order chi connectivity index (χ1) is 8.65. The minimum atomic E-state index is -0.503. The molecule has 1 aliphatic heterocycles. The monoisotopic (exact) mass is 251 g/mol. The number of likely N-dealkylation sites (tertiary alicyclic amines) is 1. The predicted molar refractivity (Wildman–Crippen MR) is 67.4 cm³/mol. The van der Waals surface area contributed by atoms with Crippen LogP contribution in [0.3, 0.4) is 0 Å². The van der Waals surface area contributed by atoms with Crippen molar-refractivity contribution in [3.8, 4) is 0 Å². The Labute approximate surface area is 105 Å². The molecule has 1 unspecified atom stereocenters. The summed E-state index contributed by atoms with van der Waals surface area (Å²) in [5.74, 6) is 0.437. The Morgan fingerprint density at radius 3 is 2.61 bits per heavy atom. The number of nitro groups is 1. The first-order valence-electron chi connectivity index (χ1n) is 6.10. The van der Waals surface area contributed by atoms with E-state index in [1.54, 1.807) is 0 Å². The highest BCUT2D eigenvalue weighted by Gasteiger charge is 2.15. The highest BCUT2D eigenvalue weighted by Crippen LogP contribution is 2.11. The summed E-state index contributed by atoms with van der Waals surface area (Å²) in [7, 11) is 0. The van der Waals surface area contributed by atoms with Crippen LogP contribution >= 0.6 is 0 Å². The Kier molecular flexibility index (Phi) is 4.03. The van der Waals surface area contributed by atoms with Gasteiger partial charge in [-0.25, -0.2) is 9.97 Å².